The molecule has 1 aliphatic rings. The number of hydrogen-bond donors (Lipinski definition) is 0. The van der Waals surface area contributed by atoms with Crippen LogP contribution in [-0.2, 0) is 6.54 Å². The molecule has 0 radical (unpaired) electrons. The Hall–Kier alpha value is -2.29. The van der Waals surface area contributed by atoms with Gasteiger partial charge in [-0.1, -0.05) is 26.0 Å². The van der Waals surface area contributed by atoms with E-state index < -0.39 is 0 Å². The van der Waals surface area contributed by atoms with E-state index in [0.29, 0.717) is 12.5 Å². The highest BCUT2D eigenvalue weighted by atomic mass is 16.2. The summed E-state index contributed by atoms with van der Waals surface area (Å²) >= 11 is 0. The molecule has 1 amide bonds. The van der Waals surface area contributed by atoms with Crippen molar-refractivity contribution in [2.24, 2.45) is 0 Å². The molecule has 0 bridgehead atoms. The molecule has 0 unspecified atom stereocenters. The molecule has 0 aliphatic carbocycles. The molecule has 22 heavy (non-hydrogen) atoms. The minimum absolute atomic E-state index is 0.0950. The smallest absolute Gasteiger partial charge is 0.258 e. The Morgan fingerprint density at radius 2 is 1.73 bits per heavy atom. The molecule has 0 saturated heterocycles. The minimum Gasteiger partial charge on any atom is -0.378 e. The molecular formula is C19H22N2O. The quantitative estimate of drug-likeness (QED) is 0.853. The van der Waals surface area contributed by atoms with Gasteiger partial charge in [-0.25, -0.2) is 0 Å². The second-order valence-electron chi connectivity index (χ2n) is 6.37. The van der Waals surface area contributed by atoms with Gasteiger partial charge in [0.05, 0.1) is 6.54 Å². The molecule has 0 fully saturated rings. The maximum Gasteiger partial charge on any atom is 0.258 e. The number of carbonyl (C=O) groups excluding carboxylic acids is 1. The highest BCUT2D eigenvalue weighted by Gasteiger charge is 2.28. The maximum atomic E-state index is 12.6. The first kappa shape index (κ1) is 14.6. The van der Waals surface area contributed by atoms with Gasteiger partial charge in [-0.3, -0.25) is 4.79 Å². The van der Waals surface area contributed by atoms with Gasteiger partial charge in [-0.15, -0.1) is 0 Å². The number of amides is 1. The molecule has 0 atom stereocenters. The maximum absolute atomic E-state index is 12.6. The van der Waals surface area contributed by atoms with Crippen LogP contribution in [0.5, 0.6) is 0 Å². The van der Waals surface area contributed by atoms with E-state index in [9.17, 15) is 4.79 Å². The highest BCUT2D eigenvalue weighted by molar-refractivity contribution is 6.10. The first-order chi connectivity index (χ1) is 10.5. The van der Waals surface area contributed by atoms with Crippen molar-refractivity contribution in [2.45, 2.75) is 26.3 Å². The summed E-state index contributed by atoms with van der Waals surface area (Å²) in [5, 5.41) is 0. The average molecular weight is 294 g/mol. The van der Waals surface area contributed by atoms with E-state index in [4.69, 9.17) is 0 Å². The average Bonchev–Trinajstić information content (AvgIpc) is 2.84. The van der Waals surface area contributed by atoms with E-state index in [1.807, 2.05) is 43.3 Å². The Bertz CT molecular complexity index is 702. The van der Waals surface area contributed by atoms with Gasteiger partial charge < -0.3 is 9.80 Å². The summed E-state index contributed by atoms with van der Waals surface area (Å²) < 4.78 is 0. The van der Waals surface area contributed by atoms with Crippen molar-refractivity contribution in [3.05, 3.63) is 59.2 Å². The molecule has 0 saturated carbocycles. The first-order valence-corrected chi connectivity index (χ1v) is 7.69. The van der Waals surface area contributed by atoms with Crippen molar-refractivity contribution in [2.75, 3.05) is 23.9 Å². The number of nitrogens with zero attached hydrogens (tertiary/aromatic N) is 2. The van der Waals surface area contributed by atoms with E-state index >= 15 is 0 Å². The number of rotatable bonds is 3. The molecule has 114 valence electrons. The fourth-order valence-electron chi connectivity index (χ4n) is 2.83. The first-order valence-electron chi connectivity index (χ1n) is 7.69. The Morgan fingerprint density at radius 1 is 1.05 bits per heavy atom. The number of carbonyl (C=O) groups is 1. The number of benzene rings is 2. The van der Waals surface area contributed by atoms with Crippen LogP contribution in [-0.4, -0.2) is 20.0 Å². The van der Waals surface area contributed by atoms with Crippen LogP contribution in [0.1, 0.15) is 41.3 Å². The van der Waals surface area contributed by atoms with E-state index in [0.717, 1.165) is 22.5 Å². The normalized spacial score (nSPS) is 13.7. The van der Waals surface area contributed by atoms with Crippen molar-refractivity contribution in [1.29, 1.82) is 0 Å². The van der Waals surface area contributed by atoms with Gasteiger partial charge in [-0.2, -0.15) is 0 Å². The summed E-state index contributed by atoms with van der Waals surface area (Å²) in [5.41, 5.74) is 5.31. The second-order valence-corrected chi connectivity index (χ2v) is 6.37. The summed E-state index contributed by atoms with van der Waals surface area (Å²) in [6, 6.07) is 14.4. The van der Waals surface area contributed by atoms with Crippen LogP contribution in [0.15, 0.2) is 42.5 Å². The number of fused-ring (bicyclic) bond motifs is 1. The van der Waals surface area contributed by atoms with Gasteiger partial charge in [0.25, 0.3) is 5.91 Å². The van der Waals surface area contributed by atoms with Gasteiger partial charge >= 0.3 is 0 Å². The lowest BCUT2D eigenvalue weighted by Gasteiger charge is -2.17. The fraction of sp³-hybridized carbons (Fsp3) is 0.316. The van der Waals surface area contributed by atoms with Crippen LogP contribution in [0.25, 0.3) is 0 Å². The minimum atomic E-state index is 0.0950. The van der Waals surface area contributed by atoms with Crippen molar-refractivity contribution in [1.82, 2.24) is 0 Å². The molecule has 2 aromatic rings. The topological polar surface area (TPSA) is 23.6 Å². The third-order valence-corrected chi connectivity index (χ3v) is 4.28. The Kier molecular flexibility index (Phi) is 3.65. The summed E-state index contributed by atoms with van der Waals surface area (Å²) in [6.07, 6.45) is 0. The van der Waals surface area contributed by atoms with Gasteiger partial charge in [0.2, 0.25) is 0 Å². The number of anilines is 2. The van der Waals surface area contributed by atoms with Crippen LogP contribution in [0.3, 0.4) is 0 Å². The zero-order valence-corrected chi connectivity index (χ0v) is 13.6. The van der Waals surface area contributed by atoms with E-state index in [-0.39, 0.29) is 5.91 Å². The second kappa shape index (κ2) is 5.48. The van der Waals surface area contributed by atoms with Crippen molar-refractivity contribution in [3.8, 4) is 0 Å². The van der Waals surface area contributed by atoms with Crippen LogP contribution in [0.2, 0.25) is 0 Å². The predicted molar refractivity (Wildman–Crippen MR) is 91.8 cm³/mol. The van der Waals surface area contributed by atoms with Gasteiger partial charge in [0.1, 0.15) is 0 Å². The molecule has 3 nitrogen and oxygen atoms in total. The van der Waals surface area contributed by atoms with E-state index in [1.54, 1.807) is 0 Å². The molecule has 3 heteroatoms. The Labute approximate surface area is 132 Å². The molecule has 0 spiro atoms. The lowest BCUT2D eigenvalue weighted by Crippen LogP contribution is -2.22. The Morgan fingerprint density at radius 3 is 2.32 bits per heavy atom. The van der Waals surface area contributed by atoms with Crippen molar-refractivity contribution < 1.29 is 4.79 Å². The molecule has 3 rings (SSSR count). The summed E-state index contributed by atoms with van der Waals surface area (Å²) in [5.74, 6) is 0.598. The van der Waals surface area contributed by atoms with Crippen LogP contribution in [0, 0.1) is 0 Å². The fourth-order valence-corrected chi connectivity index (χ4v) is 2.83. The van der Waals surface area contributed by atoms with E-state index in [1.165, 1.54) is 5.56 Å². The molecular weight excluding hydrogens is 272 g/mol. The lowest BCUT2D eigenvalue weighted by molar-refractivity contribution is 0.0996. The largest absolute Gasteiger partial charge is 0.378 e. The highest BCUT2D eigenvalue weighted by Crippen LogP contribution is 2.31. The van der Waals surface area contributed by atoms with Crippen LogP contribution in [0.4, 0.5) is 11.4 Å². The van der Waals surface area contributed by atoms with Crippen LogP contribution < -0.4 is 9.80 Å². The van der Waals surface area contributed by atoms with Gasteiger partial charge in [-0.05, 0) is 47.4 Å². The lowest BCUT2D eigenvalue weighted by atomic mass is 10.0. The third kappa shape index (κ3) is 2.47. The molecule has 1 aliphatic heterocycles. The molecule has 2 aromatic carbocycles. The van der Waals surface area contributed by atoms with E-state index in [2.05, 4.69) is 36.9 Å². The zero-order valence-electron chi connectivity index (χ0n) is 13.6. The van der Waals surface area contributed by atoms with Gasteiger partial charge in [0, 0.05) is 31.0 Å². The SMILES string of the molecule is CC(C)c1ccc(N2Cc3cc(N(C)C)ccc3C2=O)cc1. The molecule has 0 aromatic heterocycles. The van der Waals surface area contributed by atoms with Crippen LogP contribution >= 0.6 is 0 Å². The van der Waals surface area contributed by atoms with Crippen molar-refractivity contribution >= 4 is 17.3 Å². The van der Waals surface area contributed by atoms with Crippen molar-refractivity contribution in [3.63, 3.8) is 0 Å². The summed E-state index contributed by atoms with van der Waals surface area (Å²) in [6.45, 7) is 5.00. The Balaban J connectivity index is 1.90. The third-order valence-electron chi connectivity index (χ3n) is 4.28. The standard InChI is InChI=1S/C19H22N2O/c1-13(2)14-5-7-16(8-6-14)21-12-15-11-17(20(3)4)9-10-18(15)19(21)22/h5-11,13H,12H2,1-4H3. The monoisotopic (exact) mass is 294 g/mol. The summed E-state index contributed by atoms with van der Waals surface area (Å²) in [4.78, 5) is 16.5. The molecule has 0 N–H and O–H groups in total. The molecule has 1 heterocycles. The predicted octanol–water partition coefficient (Wildman–Crippen LogP) is 4.04. The zero-order chi connectivity index (χ0) is 15.9. The summed E-state index contributed by atoms with van der Waals surface area (Å²) in [7, 11) is 4.03. The van der Waals surface area contributed by atoms with Gasteiger partial charge in [0.15, 0.2) is 0 Å². The number of hydrogen-bond acceptors (Lipinski definition) is 2.